The molecule has 0 bridgehead atoms. The molecule has 6 heteroatoms. The molecule has 0 radical (unpaired) electrons. The summed E-state index contributed by atoms with van der Waals surface area (Å²) in [7, 11) is 0. The van der Waals surface area contributed by atoms with Crippen LogP contribution in [0.1, 0.15) is 37.1 Å². The van der Waals surface area contributed by atoms with Gasteiger partial charge in [-0.3, -0.25) is 0 Å². The zero-order valence-corrected chi connectivity index (χ0v) is 16.1. The highest BCUT2D eigenvalue weighted by atomic mass is 35.5. The molecule has 2 N–H and O–H groups in total. The molecule has 0 spiro atoms. The summed E-state index contributed by atoms with van der Waals surface area (Å²) in [6.07, 6.45) is 3.45. The van der Waals surface area contributed by atoms with Crippen LogP contribution >= 0.6 is 23.2 Å². The number of anilines is 2. The first-order valence-electron chi connectivity index (χ1n) is 8.37. The van der Waals surface area contributed by atoms with E-state index in [0.717, 1.165) is 32.8 Å². The lowest BCUT2D eigenvalue weighted by Crippen LogP contribution is -2.10. The molecule has 4 nitrogen and oxygen atoms in total. The Kier molecular flexibility index (Phi) is 5.96. The zero-order valence-electron chi connectivity index (χ0n) is 14.6. The van der Waals surface area contributed by atoms with Crippen molar-refractivity contribution in [3.05, 3.63) is 82.1 Å². The van der Waals surface area contributed by atoms with Crippen LogP contribution in [-0.2, 0) is 0 Å². The predicted octanol–water partition coefficient (Wildman–Crippen LogP) is 6.13. The van der Waals surface area contributed by atoms with Crippen LogP contribution in [0.5, 0.6) is 0 Å². The highest BCUT2D eigenvalue weighted by Gasteiger charge is 2.09. The van der Waals surface area contributed by atoms with Crippen molar-refractivity contribution < 1.29 is 0 Å². The van der Waals surface area contributed by atoms with Crippen LogP contribution in [0.4, 0.5) is 11.6 Å². The maximum atomic E-state index is 5.93. The summed E-state index contributed by atoms with van der Waals surface area (Å²) in [5, 5.41) is 8.13. The van der Waals surface area contributed by atoms with E-state index >= 15 is 0 Å². The van der Waals surface area contributed by atoms with E-state index in [0.29, 0.717) is 0 Å². The van der Waals surface area contributed by atoms with Crippen molar-refractivity contribution in [1.82, 2.24) is 9.97 Å². The molecule has 1 heterocycles. The van der Waals surface area contributed by atoms with Gasteiger partial charge in [0.05, 0.1) is 12.4 Å². The second-order valence-corrected chi connectivity index (χ2v) is 6.99. The number of hydrogen-bond donors (Lipinski definition) is 2. The van der Waals surface area contributed by atoms with E-state index in [1.165, 1.54) is 0 Å². The number of nitrogens with one attached hydrogen (secondary N) is 2. The average Bonchev–Trinajstić information content (AvgIpc) is 2.64. The minimum absolute atomic E-state index is 0.105. The van der Waals surface area contributed by atoms with Crippen molar-refractivity contribution in [1.29, 1.82) is 0 Å². The monoisotopic (exact) mass is 386 g/mol. The Morgan fingerprint density at radius 1 is 0.654 bits per heavy atom. The molecule has 26 heavy (non-hydrogen) atoms. The normalized spacial score (nSPS) is 13.1. The van der Waals surface area contributed by atoms with Crippen LogP contribution < -0.4 is 10.6 Å². The summed E-state index contributed by atoms with van der Waals surface area (Å²) in [6, 6.07) is 15.7. The Bertz CT molecular complexity index is 761. The Morgan fingerprint density at radius 2 is 1.00 bits per heavy atom. The minimum atomic E-state index is 0.105. The Hall–Kier alpha value is -2.30. The van der Waals surface area contributed by atoms with Gasteiger partial charge in [-0.25, -0.2) is 9.97 Å². The fourth-order valence-corrected chi connectivity index (χ4v) is 2.84. The van der Waals surface area contributed by atoms with Gasteiger partial charge < -0.3 is 10.6 Å². The number of halogens is 2. The fourth-order valence-electron chi connectivity index (χ4n) is 2.59. The van der Waals surface area contributed by atoms with Crippen molar-refractivity contribution in [3.8, 4) is 0 Å². The molecule has 0 aliphatic rings. The van der Waals surface area contributed by atoms with Crippen molar-refractivity contribution in [2.75, 3.05) is 10.6 Å². The Labute approximate surface area is 163 Å². The van der Waals surface area contributed by atoms with Gasteiger partial charge in [-0.1, -0.05) is 47.5 Å². The van der Waals surface area contributed by atoms with Crippen LogP contribution in [0.15, 0.2) is 60.9 Å². The van der Waals surface area contributed by atoms with E-state index in [4.69, 9.17) is 23.2 Å². The van der Waals surface area contributed by atoms with Crippen molar-refractivity contribution in [3.63, 3.8) is 0 Å². The van der Waals surface area contributed by atoms with E-state index in [2.05, 4.69) is 34.4 Å². The molecule has 0 amide bonds. The molecule has 0 aliphatic carbocycles. The van der Waals surface area contributed by atoms with Crippen molar-refractivity contribution in [2.24, 2.45) is 0 Å². The number of rotatable bonds is 6. The third-order valence-electron chi connectivity index (χ3n) is 4.12. The zero-order chi connectivity index (χ0) is 18.5. The smallest absolute Gasteiger partial charge is 0.145 e. The van der Waals surface area contributed by atoms with Gasteiger partial charge in [0.1, 0.15) is 11.6 Å². The van der Waals surface area contributed by atoms with Crippen LogP contribution in [0.25, 0.3) is 0 Å². The maximum Gasteiger partial charge on any atom is 0.145 e. The predicted molar refractivity (Wildman–Crippen MR) is 109 cm³/mol. The molecule has 0 saturated carbocycles. The number of benzene rings is 2. The molecule has 3 aromatic rings. The molecule has 1 aromatic heterocycles. The molecular weight excluding hydrogens is 367 g/mol. The summed E-state index contributed by atoms with van der Waals surface area (Å²) >= 11 is 11.9. The molecule has 134 valence electrons. The van der Waals surface area contributed by atoms with E-state index in [1.54, 1.807) is 12.4 Å². The second-order valence-electron chi connectivity index (χ2n) is 6.12. The molecule has 0 fully saturated rings. The van der Waals surface area contributed by atoms with Gasteiger partial charge in [-0.15, -0.1) is 0 Å². The molecule has 2 atom stereocenters. The van der Waals surface area contributed by atoms with Gasteiger partial charge in [0.2, 0.25) is 0 Å². The standard InChI is InChI=1S/C20H20Cl2N4/c1-13(15-3-7-17(21)8-4-15)25-19-11-24-20(12-23-19)26-14(2)16-5-9-18(22)10-6-16/h3-14H,1-2H3,(H,23,25)(H,24,26). The fraction of sp³-hybridized carbons (Fsp3) is 0.200. The number of hydrogen-bond acceptors (Lipinski definition) is 4. The lowest BCUT2D eigenvalue weighted by Gasteiger charge is -2.17. The highest BCUT2D eigenvalue weighted by Crippen LogP contribution is 2.22. The first-order chi connectivity index (χ1) is 12.5. The topological polar surface area (TPSA) is 49.8 Å². The molecule has 2 aromatic carbocycles. The van der Waals surface area contributed by atoms with Crippen molar-refractivity contribution >= 4 is 34.8 Å². The first-order valence-corrected chi connectivity index (χ1v) is 9.13. The Morgan fingerprint density at radius 3 is 1.31 bits per heavy atom. The molecule has 3 rings (SSSR count). The van der Waals surface area contributed by atoms with Crippen LogP contribution in [0, 0.1) is 0 Å². The van der Waals surface area contributed by atoms with Gasteiger partial charge in [-0.2, -0.15) is 0 Å². The summed E-state index contributed by atoms with van der Waals surface area (Å²) in [5.74, 6) is 1.44. The summed E-state index contributed by atoms with van der Waals surface area (Å²) in [4.78, 5) is 8.88. The van der Waals surface area contributed by atoms with Gasteiger partial charge >= 0.3 is 0 Å². The lowest BCUT2D eigenvalue weighted by atomic mass is 10.1. The Balaban J connectivity index is 1.61. The minimum Gasteiger partial charge on any atom is -0.362 e. The van der Waals surface area contributed by atoms with Crippen LogP contribution in [-0.4, -0.2) is 9.97 Å². The second kappa shape index (κ2) is 8.39. The largest absolute Gasteiger partial charge is 0.362 e. The molecular formula is C20H20Cl2N4. The SMILES string of the molecule is CC(Nc1cnc(NC(C)c2ccc(Cl)cc2)cn1)c1ccc(Cl)cc1. The third kappa shape index (κ3) is 4.87. The summed E-state index contributed by atoms with van der Waals surface area (Å²) in [5.41, 5.74) is 2.27. The third-order valence-corrected chi connectivity index (χ3v) is 4.62. The van der Waals surface area contributed by atoms with Gasteiger partial charge in [0, 0.05) is 22.1 Å². The van der Waals surface area contributed by atoms with E-state index in [-0.39, 0.29) is 12.1 Å². The van der Waals surface area contributed by atoms with E-state index < -0.39 is 0 Å². The van der Waals surface area contributed by atoms with Crippen LogP contribution in [0.3, 0.4) is 0 Å². The van der Waals surface area contributed by atoms with Crippen molar-refractivity contribution in [2.45, 2.75) is 25.9 Å². The van der Waals surface area contributed by atoms with Crippen LogP contribution in [0.2, 0.25) is 10.0 Å². The summed E-state index contributed by atoms with van der Waals surface area (Å²) < 4.78 is 0. The van der Waals surface area contributed by atoms with E-state index in [1.807, 2.05) is 48.5 Å². The molecule has 0 saturated heterocycles. The number of nitrogens with zero attached hydrogens (tertiary/aromatic N) is 2. The first kappa shape index (κ1) is 18.5. The van der Waals surface area contributed by atoms with Gasteiger partial charge in [0.15, 0.2) is 0 Å². The van der Waals surface area contributed by atoms with E-state index in [9.17, 15) is 0 Å². The summed E-state index contributed by atoms with van der Waals surface area (Å²) in [6.45, 7) is 4.14. The maximum absolute atomic E-state index is 5.93. The van der Waals surface area contributed by atoms with Gasteiger partial charge in [0.25, 0.3) is 0 Å². The highest BCUT2D eigenvalue weighted by molar-refractivity contribution is 6.30. The quantitative estimate of drug-likeness (QED) is 0.534. The average molecular weight is 387 g/mol. The number of aromatic nitrogens is 2. The van der Waals surface area contributed by atoms with Gasteiger partial charge in [-0.05, 0) is 49.2 Å². The molecule has 0 aliphatic heterocycles. The molecule has 2 unspecified atom stereocenters. The lowest BCUT2D eigenvalue weighted by molar-refractivity contribution is 0.859.